The SMILES string of the molecule is C=CC=O.NC(N)=S.Nc1ccccc1Cl.Nc1ncc(Cc2ccccc2Cl)s1.O=CC(Cl)Cc1ccccc1Cl. The van der Waals surface area contributed by atoms with Gasteiger partial charge >= 0.3 is 0 Å². The quantitative estimate of drug-likeness (QED) is 0.0549. The van der Waals surface area contributed by atoms with Gasteiger partial charge in [-0.1, -0.05) is 89.9 Å². The second kappa shape index (κ2) is 23.4. The third-order valence-electron chi connectivity index (χ3n) is 4.42. The number of nitrogens with two attached hydrogens (primary N) is 4. The average Bonchev–Trinajstić information content (AvgIpc) is 3.37. The number of thiocarbonyl (C=S) groups is 1. The Morgan fingerprint density at radius 1 is 0.881 bits per heavy atom. The van der Waals surface area contributed by atoms with E-state index in [9.17, 15) is 4.79 Å². The van der Waals surface area contributed by atoms with Gasteiger partial charge in [0.05, 0.1) is 16.1 Å². The summed E-state index contributed by atoms with van der Waals surface area (Å²) in [6, 6.07) is 22.4. The number of nitrogens with zero attached hydrogens (tertiary/aromatic N) is 1. The molecular weight excluding hydrogens is 656 g/mol. The van der Waals surface area contributed by atoms with Crippen molar-refractivity contribution >= 4 is 98.5 Å². The van der Waals surface area contributed by atoms with Crippen LogP contribution >= 0.6 is 70.0 Å². The zero-order valence-electron chi connectivity index (χ0n) is 22.3. The lowest BCUT2D eigenvalue weighted by Crippen LogP contribution is -2.18. The van der Waals surface area contributed by atoms with Crippen LogP contribution < -0.4 is 22.9 Å². The molecule has 0 fully saturated rings. The number of thiazole rings is 1. The molecule has 1 heterocycles. The van der Waals surface area contributed by atoms with Gasteiger partial charge in [-0.3, -0.25) is 4.79 Å². The number of halogens is 4. The van der Waals surface area contributed by atoms with Crippen LogP contribution in [-0.2, 0) is 22.4 Å². The monoisotopic (exact) mass is 685 g/mol. The predicted octanol–water partition coefficient (Wildman–Crippen LogP) is 7.14. The van der Waals surface area contributed by atoms with E-state index in [2.05, 4.69) is 35.2 Å². The van der Waals surface area contributed by atoms with Crippen molar-refractivity contribution in [2.45, 2.75) is 18.2 Å². The van der Waals surface area contributed by atoms with Crippen LogP contribution in [0.2, 0.25) is 15.1 Å². The van der Waals surface area contributed by atoms with Crippen LogP contribution in [0.25, 0.3) is 0 Å². The lowest BCUT2D eigenvalue weighted by atomic mass is 10.1. The molecule has 42 heavy (non-hydrogen) atoms. The van der Waals surface area contributed by atoms with Crippen LogP contribution in [0.15, 0.2) is 91.6 Å². The second-order valence-corrected chi connectivity index (χ2v) is 11.1. The largest absolute Gasteiger partial charge is 0.398 e. The number of nitrogen functional groups attached to an aromatic ring is 2. The molecule has 1 atom stereocenters. The second-order valence-electron chi connectivity index (χ2n) is 7.68. The highest BCUT2D eigenvalue weighted by Gasteiger charge is 2.06. The highest BCUT2D eigenvalue weighted by Crippen LogP contribution is 2.23. The molecule has 1 aromatic heterocycles. The predicted molar refractivity (Wildman–Crippen MR) is 185 cm³/mol. The average molecular weight is 688 g/mol. The normalized spacial score (nSPS) is 9.81. The van der Waals surface area contributed by atoms with Crippen LogP contribution in [0.3, 0.4) is 0 Å². The minimum absolute atomic E-state index is 0.000000000000000222. The number of alkyl halides is 1. The summed E-state index contributed by atoms with van der Waals surface area (Å²) in [6.45, 7) is 3.11. The molecule has 0 amide bonds. The van der Waals surface area contributed by atoms with Gasteiger partial charge in [0.25, 0.3) is 0 Å². The Labute approximate surface area is 275 Å². The molecule has 0 saturated carbocycles. The molecule has 4 rings (SSSR count). The maximum absolute atomic E-state index is 10.2. The maximum Gasteiger partial charge on any atom is 0.180 e. The first-order chi connectivity index (χ1) is 19.9. The van der Waals surface area contributed by atoms with E-state index in [0.29, 0.717) is 39.9 Å². The van der Waals surface area contributed by atoms with Crippen molar-refractivity contribution in [3.05, 3.63) is 123 Å². The summed E-state index contributed by atoms with van der Waals surface area (Å²) >= 11 is 28.7. The van der Waals surface area contributed by atoms with Crippen LogP contribution in [0.4, 0.5) is 10.8 Å². The number of hydrogen-bond donors (Lipinski definition) is 4. The van der Waals surface area contributed by atoms with Crippen molar-refractivity contribution in [3.8, 4) is 0 Å². The lowest BCUT2D eigenvalue weighted by Gasteiger charge is -2.03. The Hall–Kier alpha value is -3.18. The number of hydrogen-bond acceptors (Lipinski definition) is 7. The molecule has 0 aliphatic rings. The molecule has 224 valence electrons. The molecule has 0 saturated heterocycles. The number of aromatic nitrogens is 1. The molecule has 4 aromatic rings. The van der Waals surface area contributed by atoms with Crippen LogP contribution in [-0.4, -0.2) is 28.0 Å². The summed E-state index contributed by atoms with van der Waals surface area (Å²) < 4.78 is 0. The first-order valence-electron chi connectivity index (χ1n) is 11.8. The Kier molecular flexibility index (Phi) is 21.6. The Bertz CT molecular complexity index is 1360. The van der Waals surface area contributed by atoms with Crippen molar-refractivity contribution in [3.63, 3.8) is 0 Å². The number of carbonyl (C=O) groups is 2. The number of anilines is 2. The van der Waals surface area contributed by atoms with Crippen LogP contribution in [0.5, 0.6) is 0 Å². The van der Waals surface area contributed by atoms with E-state index < -0.39 is 5.38 Å². The summed E-state index contributed by atoms with van der Waals surface area (Å²) in [4.78, 5) is 24.4. The molecular formula is C29H31Cl4N5O2S2. The van der Waals surface area contributed by atoms with Crippen molar-refractivity contribution in [1.82, 2.24) is 4.98 Å². The van der Waals surface area contributed by atoms with Crippen molar-refractivity contribution < 1.29 is 9.59 Å². The van der Waals surface area contributed by atoms with Gasteiger partial charge in [-0.05, 0) is 60.1 Å². The molecule has 0 bridgehead atoms. The number of aldehydes is 2. The van der Waals surface area contributed by atoms with E-state index >= 15 is 0 Å². The fourth-order valence-corrected chi connectivity index (χ4v) is 4.06. The molecule has 8 N–H and O–H groups in total. The highest BCUT2D eigenvalue weighted by atomic mass is 35.5. The van der Waals surface area contributed by atoms with Crippen molar-refractivity contribution in [2.75, 3.05) is 11.5 Å². The standard InChI is InChI=1S/C10H9ClN2S.C9H8Cl2O.C6H6ClN.C3H4O.CH4N2S/c11-9-4-2-1-3-7(9)5-8-6-13-10(12)14-8;10-8(6-12)5-7-3-1-2-4-9(7)11;7-5-3-1-2-4-6(5)8;1-2-3-4;2-1(3)4/h1-4,6H,5H2,(H2,12,13);1-4,6,8H,5H2;1-4H,8H2;2-3H,1H2;(H4,2,3,4). The van der Waals surface area contributed by atoms with Gasteiger partial charge in [0.1, 0.15) is 12.6 Å². The number of rotatable bonds is 6. The van der Waals surface area contributed by atoms with Gasteiger partial charge in [-0.2, -0.15) is 0 Å². The topological polar surface area (TPSA) is 151 Å². The molecule has 3 aromatic carbocycles. The summed E-state index contributed by atoms with van der Waals surface area (Å²) in [7, 11) is 0. The van der Waals surface area contributed by atoms with E-state index in [0.717, 1.165) is 27.4 Å². The minimum atomic E-state index is -0.482. The van der Waals surface area contributed by atoms with E-state index in [1.54, 1.807) is 24.4 Å². The molecule has 0 aliphatic heterocycles. The van der Waals surface area contributed by atoms with Gasteiger partial charge in [-0.25, -0.2) is 4.98 Å². The number of allylic oxidation sites excluding steroid dienone is 1. The van der Waals surface area contributed by atoms with Crippen molar-refractivity contribution in [2.24, 2.45) is 11.5 Å². The number of para-hydroxylation sites is 1. The summed E-state index contributed by atoms with van der Waals surface area (Å²) in [5.41, 5.74) is 22.8. The Morgan fingerprint density at radius 2 is 1.33 bits per heavy atom. The lowest BCUT2D eigenvalue weighted by molar-refractivity contribution is -0.107. The molecule has 7 nitrogen and oxygen atoms in total. The molecule has 0 spiro atoms. The number of benzene rings is 3. The summed E-state index contributed by atoms with van der Waals surface area (Å²) in [6.07, 6.45) is 5.63. The molecule has 0 radical (unpaired) electrons. The third-order valence-corrected chi connectivity index (χ3v) is 6.58. The fourth-order valence-electron chi connectivity index (χ4n) is 2.63. The van der Waals surface area contributed by atoms with Crippen LogP contribution in [0.1, 0.15) is 16.0 Å². The first kappa shape index (κ1) is 38.8. The maximum atomic E-state index is 10.2. The van der Waals surface area contributed by atoms with E-state index in [4.69, 9.17) is 62.7 Å². The summed E-state index contributed by atoms with van der Waals surface area (Å²) in [5.74, 6) is 0. The van der Waals surface area contributed by atoms with Gasteiger partial charge in [0.15, 0.2) is 10.2 Å². The Morgan fingerprint density at radius 3 is 1.69 bits per heavy atom. The molecule has 0 aliphatic carbocycles. The zero-order chi connectivity index (χ0) is 31.9. The Balaban J connectivity index is 0.000000545. The highest BCUT2D eigenvalue weighted by molar-refractivity contribution is 7.80. The summed E-state index contributed by atoms with van der Waals surface area (Å²) in [5, 5.41) is 2.19. The van der Waals surface area contributed by atoms with Gasteiger partial charge in [-0.15, -0.1) is 22.9 Å². The smallest absolute Gasteiger partial charge is 0.180 e. The van der Waals surface area contributed by atoms with Gasteiger partial charge < -0.3 is 27.7 Å². The first-order valence-corrected chi connectivity index (χ1v) is 14.6. The van der Waals surface area contributed by atoms with Gasteiger partial charge in [0, 0.05) is 27.5 Å². The molecule has 13 heteroatoms. The van der Waals surface area contributed by atoms with Crippen LogP contribution in [0, 0.1) is 0 Å². The van der Waals surface area contributed by atoms with E-state index in [-0.39, 0.29) is 5.11 Å². The number of carbonyl (C=O) groups excluding carboxylic acids is 2. The minimum Gasteiger partial charge on any atom is -0.398 e. The zero-order valence-corrected chi connectivity index (χ0v) is 27.0. The third kappa shape index (κ3) is 19.0. The van der Waals surface area contributed by atoms with E-state index in [1.165, 1.54) is 17.4 Å². The molecule has 1 unspecified atom stereocenters. The van der Waals surface area contributed by atoms with Crippen molar-refractivity contribution in [1.29, 1.82) is 0 Å². The fraction of sp³-hybridized carbons (Fsp3) is 0.103. The van der Waals surface area contributed by atoms with Gasteiger partial charge in [0.2, 0.25) is 0 Å². The van der Waals surface area contributed by atoms with E-state index in [1.807, 2.05) is 54.6 Å².